The van der Waals surface area contributed by atoms with Crippen molar-refractivity contribution in [2.45, 2.75) is 135 Å². The summed E-state index contributed by atoms with van der Waals surface area (Å²) in [6.45, 7) is 4.61. The number of aliphatic hydroxyl groups excluding tert-OH is 1. The van der Waals surface area contributed by atoms with Gasteiger partial charge >= 0.3 is 7.82 Å². The molecule has 0 radical (unpaired) electrons. The number of allylic oxidation sites excluding steroid dienone is 5. The van der Waals surface area contributed by atoms with E-state index in [9.17, 15) is 19.4 Å². The molecule has 0 bridgehead atoms. The number of nitrogens with zero attached hydrogens (tertiary/aromatic N) is 1. The topological polar surface area (TPSA) is 105 Å². The van der Waals surface area contributed by atoms with Crippen LogP contribution in [0.1, 0.15) is 123 Å². The predicted octanol–water partition coefficient (Wildman–Crippen LogP) is 8.01. The van der Waals surface area contributed by atoms with E-state index in [0.29, 0.717) is 17.4 Å². The van der Waals surface area contributed by atoms with E-state index in [-0.39, 0.29) is 19.1 Å². The van der Waals surface area contributed by atoms with Gasteiger partial charge in [-0.1, -0.05) is 108 Å². The molecule has 0 aromatic carbocycles. The van der Waals surface area contributed by atoms with Crippen molar-refractivity contribution in [3.63, 3.8) is 0 Å². The standard InChI is InChI=1S/C34H65N2O6P/c1-6-8-10-12-13-14-15-16-17-18-19-20-21-22-23-24-25-27-33(37)32(35-34(38)28-26-11-9-7-2)31-42-43(39,40)41-30-29-36(3,4)5/h17-18,21-22,25,27,32-33,37H,6-16,19-20,23-24,26,28-31H2,1-5H3,(H-,35,38,39,40)/p+1/b18-17+,22-21+,27-25+. The Labute approximate surface area is 264 Å². The quantitative estimate of drug-likeness (QED) is 0.0335. The first-order valence-electron chi connectivity index (χ1n) is 16.9. The number of amides is 1. The van der Waals surface area contributed by atoms with E-state index in [1.54, 1.807) is 6.08 Å². The van der Waals surface area contributed by atoms with Gasteiger partial charge in [0.15, 0.2) is 0 Å². The third-order valence-corrected chi connectivity index (χ3v) is 8.07. The molecule has 3 atom stereocenters. The van der Waals surface area contributed by atoms with E-state index < -0.39 is 20.0 Å². The van der Waals surface area contributed by atoms with Crippen LogP contribution in [-0.2, 0) is 18.4 Å². The molecule has 0 fully saturated rings. The number of unbranched alkanes of at least 4 members (excludes halogenated alkanes) is 12. The molecule has 9 heteroatoms. The molecule has 43 heavy (non-hydrogen) atoms. The van der Waals surface area contributed by atoms with Gasteiger partial charge in [0, 0.05) is 6.42 Å². The molecular formula is C34H66N2O6P+. The first-order chi connectivity index (χ1) is 20.5. The Balaban J connectivity index is 4.51. The lowest BCUT2D eigenvalue weighted by Crippen LogP contribution is -2.45. The fourth-order valence-corrected chi connectivity index (χ4v) is 5.04. The number of aliphatic hydroxyl groups is 1. The number of nitrogens with one attached hydrogen (secondary N) is 1. The molecule has 0 heterocycles. The summed E-state index contributed by atoms with van der Waals surface area (Å²) in [4.78, 5) is 22.6. The van der Waals surface area contributed by atoms with Crippen LogP contribution >= 0.6 is 7.82 Å². The second-order valence-electron chi connectivity index (χ2n) is 12.5. The highest BCUT2D eigenvalue weighted by molar-refractivity contribution is 7.47. The maximum absolute atomic E-state index is 12.5. The molecule has 0 saturated heterocycles. The normalized spacial score (nSPS) is 15.4. The van der Waals surface area contributed by atoms with Gasteiger partial charge in [0.25, 0.3) is 0 Å². The summed E-state index contributed by atoms with van der Waals surface area (Å²) in [6, 6.07) is -0.860. The van der Waals surface area contributed by atoms with Crippen LogP contribution in [0.3, 0.4) is 0 Å². The molecule has 1 amide bonds. The van der Waals surface area contributed by atoms with Crippen LogP contribution in [0.25, 0.3) is 0 Å². The molecule has 3 unspecified atom stereocenters. The van der Waals surface area contributed by atoms with Crippen LogP contribution in [0.15, 0.2) is 36.5 Å². The largest absolute Gasteiger partial charge is 0.472 e. The van der Waals surface area contributed by atoms with E-state index in [4.69, 9.17) is 9.05 Å². The van der Waals surface area contributed by atoms with Crippen molar-refractivity contribution in [2.75, 3.05) is 40.9 Å². The number of quaternary nitrogens is 1. The molecule has 8 nitrogen and oxygen atoms in total. The van der Waals surface area contributed by atoms with Crippen molar-refractivity contribution in [1.29, 1.82) is 0 Å². The summed E-state index contributed by atoms with van der Waals surface area (Å²) in [5.41, 5.74) is 0. The third kappa shape index (κ3) is 29.2. The van der Waals surface area contributed by atoms with Crippen molar-refractivity contribution in [2.24, 2.45) is 0 Å². The Hall–Kier alpha value is -1.28. The summed E-state index contributed by atoms with van der Waals surface area (Å²) in [5, 5.41) is 13.5. The molecule has 0 aromatic rings. The Morgan fingerprint density at radius 3 is 1.86 bits per heavy atom. The van der Waals surface area contributed by atoms with Gasteiger partial charge in [-0.05, 0) is 44.9 Å². The van der Waals surface area contributed by atoms with E-state index in [1.165, 1.54) is 51.4 Å². The smallest absolute Gasteiger partial charge is 0.387 e. The second kappa shape index (κ2) is 27.1. The van der Waals surface area contributed by atoms with Gasteiger partial charge in [0.05, 0.1) is 39.9 Å². The zero-order valence-electron chi connectivity index (χ0n) is 28.2. The van der Waals surface area contributed by atoms with Crippen molar-refractivity contribution in [3.8, 4) is 0 Å². The summed E-state index contributed by atoms with van der Waals surface area (Å²) >= 11 is 0. The van der Waals surface area contributed by atoms with Crippen molar-refractivity contribution in [1.82, 2.24) is 5.32 Å². The second-order valence-corrected chi connectivity index (χ2v) is 14.0. The summed E-state index contributed by atoms with van der Waals surface area (Å²) in [5.74, 6) is -0.213. The van der Waals surface area contributed by atoms with E-state index in [1.807, 2.05) is 27.2 Å². The van der Waals surface area contributed by atoms with Crippen LogP contribution in [0, 0.1) is 0 Å². The number of carbonyl (C=O) groups is 1. The highest BCUT2D eigenvalue weighted by atomic mass is 31.2. The fourth-order valence-electron chi connectivity index (χ4n) is 4.30. The van der Waals surface area contributed by atoms with E-state index >= 15 is 0 Å². The molecule has 252 valence electrons. The van der Waals surface area contributed by atoms with Crippen molar-refractivity contribution in [3.05, 3.63) is 36.5 Å². The predicted molar refractivity (Wildman–Crippen MR) is 180 cm³/mol. The van der Waals surface area contributed by atoms with Crippen LogP contribution < -0.4 is 5.32 Å². The average molecular weight is 630 g/mol. The number of carbonyl (C=O) groups excluding carboxylic acids is 1. The van der Waals surface area contributed by atoms with Gasteiger partial charge in [-0.2, -0.15) is 0 Å². The number of rotatable bonds is 29. The maximum Gasteiger partial charge on any atom is 0.472 e. The van der Waals surface area contributed by atoms with Crippen molar-refractivity contribution < 1.29 is 32.9 Å². The SMILES string of the molecule is CCCCCCCCC/C=C/CC/C=C/CC/C=C/C(O)C(COP(=O)(O)OCC[N+](C)(C)C)NC(=O)CCCCCC. The first kappa shape index (κ1) is 41.7. The van der Waals surface area contributed by atoms with Gasteiger partial charge in [-0.25, -0.2) is 4.57 Å². The molecule has 0 spiro atoms. The minimum atomic E-state index is -4.32. The summed E-state index contributed by atoms with van der Waals surface area (Å²) in [6.07, 6.45) is 29.8. The first-order valence-corrected chi connectivity index (χ1v) is 18.4. The van der Waals surface area contributed by atoms with Gasteiger partial charge < -0.3 is 19.8 Å². The monoisotopic (exact) mass is 629 g/mol. The highest BCUT2D eigenvalue weighted by Crippen LogP contribution is 2.43. The zero-order valence-corrected chi connectivity index (χ0v) is 29.1. The summed E-state index contributed by atoms with van der Waals surface area (Å²) in [7, 11) is 1.54. The van der Waals surface area contributed by atoms with E-state index in [0.717, 1.165) is 51.4 Å². The van der Waals surface area contributed by atoms with Crippen LogP contribution in [0.4, 0.5) is 0 Å². The van der Waals surface area contributed by atoms with Crippen LogP contribution in [0.5, 0.6) is 0 Å². The Morgan fingerprint density at radius 1 is 0.767 bits per heavy atom. The molecule has 0 aliphatic heterocycles. The van der Waals surface area contributed by atoms with Crippen LogP contribution in [0.2, 0.25) is 0 Å². The molecule has 0 aliphatic rings. The number of phosphoric acid groups is 1. The van der Waals surface area contributed by atoms with Crippen molar-refractivity contribution >= 4 is 13.7 Å². The molecule has 0 aromatic heterocycles. The number of hydrogen-bond acceptors (Lipinski definition) is 5. The minimum Gasteiger partial charge on any atom is -0.387 e. The molecular weight excluding hydrogens is 563 g/mol. The summed E-state index contributed by atoms with van der Waals surface area (Å²) < 4.78 is 23.2. The van der Waals surface area contributed by atoms with Gasteiger partial charge in [-0.3, -0.25) is 13.8 Å². The number of hydrogen-bond donors (Lipinski definition) is 3. The highest BCUT2D eigenvalue weighted by Gasteiger charge is 2.27. The average Bonchev–Trinajstić information content (AvgIpc) is 2.94. The molecule has 0 rings (SSSR count). The molecule has 0 saturated carbocycles. The lowest BCUT2D eigenvalue weighted by molar-refractivity contribution is -0.870. The van der Waals surface area contributed by atoms with Gasteiger partial charge in [0.2, 0.25) is 5.91 Å². The minimum absolute atomic E-state index is 0.0528. The van der Waals surface area contributed by atoms with E-state index in [2.05, 4.69) is 43.5 Å². The van der Waals surface area contributed by atoms with Crippen LogP contribution in [-0.4, -0.2) is 73.4 Å². The number of phosphoric ester groups is 1. The third-order valence-electron chi connectivity index (χ3n) is 7.09. The van der Waals surface area contributed by atoms with Gasteiger partial charge in [0.1, 0.15) is 13.2 Å². The Bertz CT molecular complexity index is 809. The van der Waals surface area contributed by atoms with Gasteiger partial charge in [-0.15, -0.1) is 0 Å². The number of likely N-dealkylation sites (N-methyl/N-ethyl adjacent to an activating group) is 1. The lowest BCUT2D eigenvalue weighted by atomic mass is 10.1. The lowest BCUT2D eigenvalue weighted by Gasteiger charge is -2.25. The fraction of sp³-hybridized carbons (Fsp3) is 0.794. The Kier molecular flexibility index (Phi) is 26.3. The molecule has 3 N–H and O–H groups in total. The molecule has 0 aliphatic carbocycles. The maximum atomic E-state index is 12.5. The zero-order chi connectivity index (χ0) is 32.2. The Morgan fingerprint density at radius 2 is 1.28 bits per heavy atom.